The molecule has 2 rings (SSSR count). The van der Waals surface area contributed by atoms with E-state index in [0.717, 1.165) is 25.9 Å². The number of pyridine rings is 1. The lowest BCUT2D eigenvalue weighted by molar-refractivity contribution is 0.422. The molecule has 0 aromatic carbocycles. The Bertz CT molecular complexity index is 356. The van der Waals surface area contributed by atoms with E-state index in [1.807, 2.05) is 4.90 Å². The van der Waals surface area contributed by atoms with Crippen LogP contribution in [-0.4, -0.2) is 35.2 Å². The van der Waals surface area contributed by atoms with E-state index in [2.05, 4.69) is 4.98 Å². The van der Waals surface area contributed by atoms with E-state index < -0.39 is 13.1 Å². The summed E-state index contributed by atoms with van der Waals surface area (Å²) in [6.45, 7) is 1.76. The SMILES string of the molecule is OB(O)c1ccc(N2CCCC2)nc1F. The molecule has 1 aromatic heterocycles. The van der Waals surface area contributed by atoms with Crippen molar-refractivity contribution in [2.45, 2.75) is 12.8 Å². The number of hydrogen-bond acceptors (Lipinski definition) is 4. The first-order valence-electron chi connectivity index (χ1n) is 4.96. The fraction of sp³-hybridized carbons (Fsp3) is 0.444. The van der Waals surface area contributed by atoms with Gasteiger partial charge in [0, 0.05) is 18.6 Å². The minimum Gasteiger partial charge on any atom is -0.423 e. The second kappa shape index (κ2) is 4.16. The highest BCUT2D eigenvalue weighted by Gasteiger charge is 2.20. The van der Waals surface area contributed by atoms with Gasteiger partial charge >= 0.3 is 7.12 Å². The second-order valence-corrected chi connectivity index (χ2v) is 3.62. The maximum atomic E-state index is 13.3. The molecule has 80 valence electrons. The molecule has 0 saturated carbocycles. The largest absolute Gasteiger partial charge is 0.493 e. The Balaban J connectivity index is 2.24. The van der Waals surface area contributed by atoms with Crippen LogP contribution in [0.4, 0.5) is 10.2 Å². The number of rotatable bonds is 2. The summed E-state index contributed by atoms with van der Waals surface area (Å²) in [4.78, 5) is 5.70. The van der Waals surface area contributed by atoms with Gasteiger partial charge < -0.3 is 14.9 Å². The Labute approximate surface area is 87.5 Å². The van der Waals surface area contributed by atoms with Gasteiger partial charge in [-0.15, -0.1) is 0 Å². The molecule has 2 heterocycles. The molecule has 0 radical (unpaired) electrons. The van der Waals surface area contributed by atoms with Crippen LogP contribution in [0.3, 0.4) is 0 Å². The standard InChI is InChI=1S/C9H12BFN2O2/c11-9-7(10(14)15)3-4-8(12-9)13-5-1-2-6-13/h3-4,14-15H,1-2,5-6H2. The lowest BCUT2D eigenvalue weighted by Crippen LogP contribution is -2.34. The van der Waals surface area contributed by atoms with Gasteiger partial charge in [-0.3, -0.25) is 0 Å². The summed E-state index contributed by atoms with van der Waals surface area (Å²) in [5, 5.41) is 17.6. The van der Waals surface area contributed by atoms with Crippen LogP contribution in [-0.2, 0) is 0 Å². The average molecular weight is 210 g/mol. The highest BCUT2D eigenvalue weighted by molar-refractivity contribution is 6.58. The summed E-state index contributed by atoms with van der Waals surface area (Å²) in [6.07, 6.45) is 2.18. The van der Waals surface area contributed by atoms with E-state index in [-0.39, 0.29) is 5.46 Å². The maximum absolute atomic E-state index is 13.3. The third-order valence-electron chi connectivity index (χ3n) is 2.57. The smallest absolute Gasteiger partial charge is 0.423 e. The van der Waals surface area contributed by atoms with Crippen LogP contribution in [0.5, 0.6) is 0 Å². The molecular formula is C9H12BFN2O2. The van der Waals surface area contributed by atoms with Crippen molar-refractivity contribution in [2.24, 2.45) is 0 Å². The number of nitrogens with zero attached hydrogens (tertiary/aromatic N) is 2. The van der Waals surface area contributed by atoms with Crippen molar-refractivity contribution in [3.8, 4) is 0 Å². The van der Waals surface area contributed by atoms with E-state index >= 15 is 0 Å². The monoisotopic (exact) mass is 210 g/mol. The molecule has 4 nitrogen and oxygen atoms in total. The molecule has 15 heavy (non-hydrogen) atoms. The first-order chi connectivity index (χ1) is 7.18. The van der Waals surface area contributed by atoms with E-state index in [4.69, 9.17) is 10.0 Å². The minimum atomic E-state index is -1.80. The van der Waals surface area contributed by atoms with E-state index in [9.17, 15) is 4.39 Å². The number of hydrogen-bond donors (Lipinski definition) is 2. The van der Waals surface area contributed by atoms with Gasteiger partial charge in [-0.2, -0.15) is 4.39 Å². The van der Waals surface area contributed by atoms with Gasteiger partial charge in [0.2, 0.25) is 5.95 Å². The zero-order chi connectivity index (χ0) is 10.8. The van der Waals surface area contributed by atoms with Gasteiger partial charge in [0.1, 0.15) is 5.82 Å². The van der Waals surface area contributed by atoms with Crippen molar-refractivity contribution >= 4 is 18.4 Å². The molecule has 1 saturated heterocycles. The van der Waals surface area contributed by atoms with E-state index in [1.54, 1.807) is 6.07 Å². The lowest BCUT2D eigenvalue weighted by Gasteiger charge is -2.16. The fourth-order valence-electron chi connectivity index (χ4n) is 1.75. The third-order valence-corrected chi connectivity index (χ3v) is 2.57. The molecule has 1 aliphatic heterocycles. The Morgan fingerprint density at radius 1 is 1.27 bits per heavy atom. The summed E-state index contributed by atoms with van der Waals surface area (Å²) in [5.41, 5.74) is -0.182. The predicted molar refractivity (Wildman–Crippen MR) is 55.5 cm³/mol. The molecule has 2 N–H and O–H groups in total. The number of halogens is 1. The molecule has 0 atom stereocenters. The topological polar surface area (TPSA) is 56.6 Å². The first kappa shape index (κ1) is 10.4. The van der Waals surface area contributed by atoms with Gasteiger partial charge in [-0.05, 0) is 18.9 Å². The Morgan fingerprint density at radius 2 is 1.93 bits per heavy atom. The van der Waals surface area contributed by atoms with Gasteiger partial charge in [-0.1, -0.05) is 6.07 Å². The van der Waals surface area contributed by atoms with E-state index in [1.165, 1.54) is 6.07 Å². The van der Waals surface area contributed by atoms with Crippen molar-refractivity contribution in [1.29, 1.82) is 0 Å². The molecule has 1 aliphatic rings. The van der Waals surface area contributed by atoms with Gasteiger partial charge in [0.05, 0.1) is 0 Å². The first-order valence-corrected chi connectivity index (χ1v) is 4.96. The summed E-state index contributed by atoms with van der Waals surface area (Å²) < 4.78 is 13.3. The van der Waals surface area contributed by atoms with Crippen LogP contribution in [0.25, 0.3) is 0 Å². The molecule has 0 unspecified atom stereocenters. The van der Waals surface area contributed by atoms with Crippen molar-refractivity contribution in [3.63, 3.8) is 0 Å². The molecule has 1 aromatic rings. The second-order valence-electron chi connectivity index (χ2n) is 3.62. The van der Waals surface area contributed by atoms with Crippen molar-refractivity contribution in [2.75, 3.05) is 18.0 Å². The number of anilines is 1. The highest BCUT2D eigenvalue weighted by atomic mass is 19.1. The predicted octanol–water partition coefficient (Wildman–Crippen LogP) is -0.499. The van der Waals surface area contributed by atoms with Gasteiger partial charge in [0.25, 0.3) is 0 Å². The van der Waals surface area contributed by atoms with Crippen LogP contribution in [0.2, 0.25) is 0 Å². The average Bonchev–Trinajstić information content (AvgIpc) is 2.69. The summed E-state index contributed by atoms with van der Waals surface area (Å²) in [5.74, 6) is -0.246. The summed E-state index contributed by atoms with van der Waals surface area (Å²) in [7, 11) is -1.80. The molecule has 0 spiro atoms. The van der Waals surface area contributed by atoms with Crippen LogP contribution in [0.1, 0.15) is 12.8 Å². The van der Waals surface area contributed by atoms with Crippen LogP contribution >= 0.6 is 0 Å². The Kier molecular flexibility index (Phi) is 2.88. The quantitative estimate of drug-likeness (QED) is 0.510. The molecule has 1 fully saturated rings. The Morgan fingerprint density at radius 3 is 2.47 bits per heavy atom. The van der Waals surface area contributed by atoms with Crippen molar-refractivity contribution in [3.05, 3.63) is 18.1 Å². The van der Waals surface area contributed by atoms with Gasteiger partial charge in [0.15, 0.2) is 0 Å². The van der Waals surface area contributed by atoms with Crippen LogP contribution in [0, 0.1) is 5.95 Å². The summed E-state index contributed by atoms with van der Waals surface area (Å²) >= 11 is 0. The van der Waals surface area contributed by atoms with Gasteiger partial charge in [-0.25, -0.2) is 4.98 Å². The molecule has 6 heteroatoms. The van der Waals surface area contributed by atoms with Crippen LogP contribution in [0.15, 0.2) is 12.1 Å². The third kappa shape index (κ3) is 2.10. The summed E-state index contributed by atoms with van der Waals surface area (Å²) in [6, 6.07) is 2.98. The van der Waals surface area contributed by atoms with Crippen molar-refractivity contribution in [1.82, 2.24) is 4.98 Å². The fourth-order valence-corrected chi connectivity index (χ4v) is 1.75. The lowest BCUT2D eigenvalue weighted by atomic mass is 9.81. The highest BCUT2D eigenvalue weighted by Crippen LogP contribution is 2.16. The maximum Gasteiger partial charge on any atom is 0.493 e. The molecule has 0 bridgehead atoms. The molecule has 0 amide bonds. The molecular weight excluding hydrogens is 198 g/mol. The number of aromatic nitrogens is 1. The zero-order valence-corrected chi connectivity index (χ0v) is 8.23. The molecule has 0 aliphatic carbocycles. The van der Waals surface area contributed by atoms with Crippen LogP contribution < -0.4 is 10.4 Å². The normalized spacial score (nSPS) is 15.8. The van der Waals surface area contributed by atoms with E-state index in [0.29, 0.717) is 5.82 Å². The van der Waals surface area contributed by atoms with Crippen molar-refractivity contribution < 1.29 is 14.4 Å². The Hall–Kier alpha value is -1.14. The zero-order valence-electron chi connectivity index (χ0n) is 8.23. The minimum absolute atomic E-state index is 0.182.